The molecule has 0 aliphatic heterocycles. The van der Waals surface area contributed by atoms with E-state index in [1.807, 2.05) is 30.3 Å². The average Bonchev–Trinajstić information content (AvgIpc) is 2.68. The van der Waals surface area contributed by atoms with E-state index in [1.165, 1.54) is 12.1 Å². The molecule has 0 saturated carbocycles. The number of aromatic nitrogens is 1. The number of amides is 1. The van der Waals surface area contributed by atoms with Gasteiger partial charge in [0.25, 0.3) is 5.56 Å². The molecule has 0 bridgehead atoms. The minimum Gasteiger partial charge on any atom is -0.491 e. The summed E-state index contributed by atoms with van der Waals surface area (Å²) in [6.45, 7) is 6.04. The Kier molecular flexibility index (Phi) is 6.40. The summed E-state index contributed by atoms with van der Waals surface area (Å²) in [5, 5.41) is 3.42. The predicted molar refractivity (Wildman–Crippen MR) is 114 cm³/mol. The highest BCUT2D eigenvalue weighted by Crippen LogP contribution is 2.33. The minimum absolute atomic E-state index is 0.219. The molecule has 3 aromatic rings. The van der Waals surface area contributed by atoms with E-state index in [0.29, 0.717) is 29.8 Å². The molecule has 1 aromatic heterocycles. The third kappa shape index (κ3) is 5.37. The number of carbonyl (C=O) groups is 1. The van der Waals surface area contributed by atoms with Crippen molar-refractivity contribution in [2.45, 2.75) is 32.8 Å². The number of benzene rings is 2. The third-order valence-electron chi connectivity index (χ3n) is 4.23. The van der Waals surface area contributed by atoms with Gasteiger partial charge in [0.1, 0.15) is 11.4 Å². The van der Waals surface area contributed by atoms with E-state index in [2.05, 4.69) is 10.3 Å². The van der Waals surface area contributed by atoms with E-state index in [9.17, 15) is 14.0 Å². The Morgan fingerprint density at radius 3 is 2.53 bits per heavy atom. The summed E-state index contributed by atoms with van der Waals surface area (Å²) in [5.41, 5.74) is 0.361. The van der Waals surface area contributed by atoms with Crippen molar-refractivity contribution in [1.82, 2.24) is 10.3 Å². The molecule has 30 heavy (non-hydrogen) atoms. The van der Waals surface area contributed by atoms with Gasteiger partial charge in [-0.3, -0.25) is 4.79 Å². The molecular weight excluding hydrogens is 387 g/mol. The predicted octanol–water partition coefficient (Wildman–Crippen LogP) is 4.63. The van der Waals surface area contributed by atoms with Crippen LogP contribution >= 0.6 is 0 Å². The Balaban J connectivity index is 1.79. The number of H-pyrrole nitrogens is 1. The molecule has 2 aromatic carbocycles. The van der Waals surface area contributed by atoms with Gasteiger partial charge in [0.2, 0.25) is 0 Å². The molecule has 0 atom stereocenters. The van der Waals surface area contributed by atoms with Gasteiger partial charge in [-0.2, -0.15) is 0 Å². The first-order valence-electron chi connectivity index (χ1n) is 9.75. The van der Waals surface area contributed by atoms with E-state index < -0.39 is 17.5 Å². The summed E-state index contributed by atoms with van der Waals surface area (Å²) in [7, 11) is 0. The number of halogens is 1. The first-order valence-corrected chi connectivity index (χ1v) is 9.75. The van der Waals surface area contributed by atoms with Gasteiger partial charge in [-0.15, -0.1) is 0 Å². The van der Waals surface area contributed by atoms with Gasteiger partial charge in [-0.1, -0.05) is 30.3 Å². The summed E-state index contributed by atoms with van der Waals surface area (Å²) < 4.78 is 24.9. The summed E-state index contributed by atoms with van der Waals surface area (Å²) in [6, 6.07) is 13.3. The Morgan fingerprint density at radius 2 is 1.83 bits per heavy atom. The van der Waals surface area contributed by atoms with Crippen LogP contribution in [0, 0.1) is 5.82 Å². The number of ether oxygens (including phenoxy) is 2. The summed E-state index contributed by atoms with van der Waals surface area (Å²) in [6.07, 6.45) is 0.0346. The molecule has 7 heteroatoms. The van der Waals surface area contributed by atoms with Crippen LogP contribution in [0.3, 0.4) is 0 Å². The second-order valence-corrected chi connectivity index (χ2v) is 7.84. The molecular formula is C23H25FN2O4. The number of aromatic amines is 1. The van der Waals surface area contributed by atoms with Gasteiger partial charge in [-0.25, -0.2) is 9.18 Å². The summed E-state index contributed by atoms with van der Waals surface area (Å²) >= 11 is 0. The normalized spacial score (nSPS) is 11.3. The quantitative estimate of drug-likeness (QED) is 0.579. The number of fused-ring (bicyclic) bond motifs is 1. The van der Waals surface area contributed by atoms with Crippen molar-refractivity contribution in [2.24, 2.45) is 0 Å². The van der Waals surface area contributed by atoms with Gasteiger partial charge in [-0.05, 0) is 45.4 Å². The van der Waals surface area contributed by atoms with Gasteiger partial charge < -0.3 is 19.8 Å². The van der Waals surface area contributed by atoms with Crippen LogP contribution < -0.4 is 15.6 Å². The zero-order valence-electron chi connectivity index (χ0n) is 17.3. The second-order valence-electron chi connectivity index (χ2n) is 7.84. The van der Waals surface area contributed by atoms with Gasteiger partial charge in [0.05, 0.1) is 17.7 Å². The van der Waals surface area contributed by atoms with Crippen LogP contribution in [-0.4, -0.2) is 29.8 Å². The number of pyridine rings is 1. The van der Waals surface area contributed by atoms with E-state index in [-0.39, 0.29) is 17.6 Å². The molecule has 158 valence electrons. The smallest absolute Gasteiger partial charge is 0.407 e. The minimum atomic E-state index is -0.560. The largest absolute Gasteiger partial charge is 0.491 e. The van der Waals surface area contributed by atoms with Crippen molar-refractivity contribution in [3.8, 4) is 17.0 Å². The zero-order chi connectivity index (χ0) is 21.7. The monoisotopic (exact) mass is 412 g/mol. The lowest BCUT2D eigenvalue weighted by atomic mass is 10.1. The SMILES string of the molecule is CC(C)(C)OC(=O)NCCCOc1c(-c2ccccc2)[nH]c(=O)c2cc(F)ccc12. The van der Waals surface area contributed by atoms with Crippen LogP contribution in [0.1, 0.15) is 27.2 Å². The maximum Gasteiger partial charge on any atom is 0.407 e. The third-order valence-corrected chi connectivity index (χ3v) is 4.23. The number of carbonyl (C=O) groups excluding carboxylic acids is 1. The van der Waals surface area contributed by atoms with Crippen molar-refractivity contribution in [3.05, 3.63) is 64.7 Å². The number of alkyl carbamates (subject to hydrolysis) is 1. The molecule has 1 heterocycles. The highest BCUT2D eigenvalue weighted by Gasteiger charge is 2.17. The van der Waals surface area contributed by atoms with Crippen LogP contribution in [0.2, 0.25) is 0 Å². The van der Waals surface area contributed by atoms with E-state index in [4.69, 9.17) is 9.47 Å². The average molecular weight is 412 g/mol. The van der Waals surface area contributed by atoms with Gasteiger partial charge >= 0.3 is 6.09 Å². The van der Waals surface area contributed by atoms with Crippen molar-refractivity contribution in [1.29, 1.82) is 0 Å². The zero-order valence-corrected chi connectivity index (χ0v) is 17.3. The van der Waals surface area contributed by atoms with Crippen LogP contribution in [0.5, 0.6) is 5.75 Å². The van der Waals surface area contributed by atoms with E-state index >= 15 is 0 Å². The Hall–Kier alpha value is -3.35. The fourth-order valence-electron chi connectivity index (χ4n) is 2.98. The van der Waals surface area contributed by atoms with Gasteiger partial charge in [0, 0.05) is 17.5 Å². The molecule has 0 fully saturated rings. The molecule has 0 unspecified atom stereocenters. The Morgan fingerprint density at radius 1 is 1.10 bits per heavy atom. The maximum atomic E-state index is 13.7. The molecule has 6 nitrogen and oxygen atoms in total. The van der Waals surface area contributed by atoms with Crippen molar-refractivity contribution in [3.63, 3.8) is 0 Å². The fourth-order valence-corrected chi connectivity index (χ4v) is 2.98. The molecule has 3 rings (SSSR count). The lowest BCUT2D eigenvalue weighted by Gasteiger charge is -2.19. The van der Waals surface area contributed by atoms with Crippen LogP contribution in [0.4, 0.5) is 9.18 Å². The molecule has 0 aliphatic rings. The number of hydrogen-bond donors (Lipinski definition) is 2. The number of rotatable bonds is 6. The van der Waals surface area contributed by atoms with E-state index in [0.717, 1.165) is 5.56 Å². The maximum absolute atomic E-state index is 13.7. The first-order chi connectivity index (χ1) is 14.2. The molecule has 0 radical (unpaired) electrons. The number of hydrogen-bond acceptors (Lipinski definition) is 4. The lowest BCUT2D eigenvalue weighted by molar-refractivity contribution is 0.0525. The van der Waals surface area contributed by atoms with Crippen molar-refractivity contribution < 1.29 is 18.7 Å². The van der Waals surface area contributed by atoms with Crippen molar-refractivity contribution in [2.75, 3.05) is 13.2 Å². The topological polar surface area (TPSA) is 80.4 Å². The lowest BCUT2D eigenvalue weighted by Crippen LogP contribution is -2.33. The molecule has 0 spiro atoms. The van der Waals surface area contributed by atoms with Crippen LogP contribution in [-0.2, 0) is 4.74 Å². The second kappa shape index (κ2) is 8.98. The fraction of sp³-hybridized carbons (Fsp3) is 0.304. The molecule has 2 N–H and O–H groups in total. The summed E-state index contributed by atoms with van der Waals surface area (Å²) in [4.78, 5) is 27.0. The Bertz CT molecular complexity index is 1090. The van der Waals surface area contributed by atoms with Crippen LogP contribution in [0.25, 0.3) is 22.0 Å². The van der Waals surface area contributed by atoms with Crippen LogP contribution in [0.15, 0.2) is 53.3 Å². The Labute approximate surface area is 174 Å². The first kappa shape index (κ1) is 21.4. The standard InChI is InChI=1S/C23H25FN2O4/c1-23(2,3)30-22(28)25-12-7-13-29-20-17-11-10-16(24)14-18(17)21(27)26-19(20)15-8-5-4-6-9-15/h4-6,8-11,14H,7,12-13H2,1-3H3,(H,25,28)(H,26,27). The highest BCUT2D eigenvalue weighted by atomic mass is 19.1. The van der Waals surface area contributed by atoms with Gasteiger partial charge in [0.15, 0.2) is 5.75 Å². The van der Waals surface area contributed by atoms with Crippen molar-refractivity contribution >= 4 is 16.9 Å². The number of nitrogens with one attached hydrogen (secondary N) is 2. The molecule has 1 amide bonds. The highest BCUT2D eigenvalue weighted by molar-refractivity contribution is 5.92. The van der Waals surface area contributed by atoms with E-state index in [1.54, 1.807) is 26.8 Å². The molecule has 0 aliphatic carbocycles. The summed E-state index contributed by atoms with van der Waals surface area (Å²) in [5.74, 6) is -0.0268. The molecule has 0 saturated heterocycles.